The summed E-state index contributed by atoms with van der Waals surface area (Å²) < 4.78 is 5.94. The number of nitrogens with zero attached hydrogens (tertiary/aromatic N) is 3. The minimum absolute atomic E-state index is 0.190. The van der Waals surface area contributed by atoms with Gasteiger partial charge in [0, 0.05) is 7.05 Å². The van der Waals surface area contributed by atoms with E-state index in [1.807, 2.05) is 0 Å². The second kappa shape index (κ2) is 5.24. The van der Waals surface area contributed by atoms with E-state index in [-0.39, 0.29) is 17.8 Å². The van der Waals surface area contributed by atoms with Gasteiger partial charge in [-0.15, -0.1) is 6.58 Å². The minimum atomic E-state index is -0.759. The average Bonchev–Trinajstić information content (AvgIpc) is 2.67. The Morgan fingerprint density at radius 2 is 2.47 bits per heavy atom. The van der Waals surface area contributed by atoms with Crippen molar-refractivity contribution in [2.45, 2.75) is 12.3 Å². The number of ether oxygens (including phenoxy) is 1. The third kappa shape index (κ3) is 2.49. The van der Waals surface area contributed by atoms with Gasteiger partial charge < -0.3 is 4.74 Å². The fourth-order valence-corrected chi connectivity index (χ4v) is 1.61. The van der Waals surface area contributed by atoms with Crippen molar-refractivity contribution in [2.24, 2.45) is 7.05 Å². The third-order valence-electron chi connectivity index (χ3n) is 2.38. The summed E-state index contributed by atoms with van der Waals surface area (Å²) in [6.07, 6.45) is 2.89. The maximum absolute atomic E-state index is 11.6. The fraction of sp³-hybridized carbons (Fsp3) is 0.400. The molecule has 0 fully saturated rings. The van der Waals surface area contributed by atoms with Crippen LogP contribution in [0.3, 0.4) is 0 Å². The molecule has 0 saturated carbocycles. The first-order chi connectivity index (χ1) is 8.02. The van der Waals surface area contributed by atoms with E-state index < -0.39 is 16.8 Å². The summed E-state index contributed by atoms with van der Waals surface area (Å²) >= 11 is 0. The number of nitro groups is 1. The number of esters is 1. The average molecular weight is 239 g/mol. The van der Waals surface area contributed by atoms with Crippen LogP contribution in [0, 0.1) is 10.1 Å². The minimum Gasteiger partial charge on any atom is -0.468 e. The molecule has 7 heteroatoms. The van der Waals surface area contributed by atoms with Crippen LogP contribution in [0.5, 0.6) is 0 Å². The number of methoxy groups -OCH3 is 1. The highest BCUT2D eigenvalue weighted by Crippen LogP contribution is 2.29. The first-order valence-electron chi connectivity index (χ1n) is 4.88. The van der Waals surface area contributed by atoms with Crippen molar-refractivity contribution in [3.05, 3.63) is 34.7 Å². The van der Waals surface area contributed by atoms with Gasteiger partial charge in [0.1, 0.15) is 17.8 Å². The zero-order chi connectivity index (χ0) is 13.0. The predicted molar refractivity (Wildman–Crippen MR) is 59.4 cm³/mol. The fourth-order valence-electron chi connectivity index (χ4n) is 1.61. The molecule has 1 aromatic rings. The van der Waals surface area contributed by atoms with Crippen LogP contribution in [-0.2, 0) is 16.6 Å². The SMILES string of the molecule is C=CCC(C(=O)OC)c1c([N+](=O)[O-])cnn1C. The molecule has 92 valence electrons. The van der Waals surface area contributed by atoms with Crippen LogP contribution in [0.2, 0.25) is 0 Å². The molecule has 1 heterocycles. The van der Waals surface area contributed by atoms with E-state index in [9.17, 15) is 14.9 Å². The van der Waals surface area contributed by atoms with Gasteiger partial charge in [-0.25, -0.2) is 0 Å². The first-order valence-corrected chi connectivity index (χ1v) is 4.88. The molecule has 0 saturated heterocycles. The Bertz CT molecular complexity index is 452. The van der Waals surface area contributed by atoms with Gasteiger partial charge in [0.2, 0.25) is 0 Å². The van der Waals surface area contributed by atoms with Crippen molar-refractivity contribution in [1.29, 1.82) is 0 Å². The Morgan fingerprint density at radius 1 is 1.82 bits per heavy atom. The molecule has 0 aliphatic rings. The molecule has 1 aromatic heterocycles. The molecule has 7 nitrogen and oxygen atoms in total. The first kappa shape index (κ1) is 12.9. The van der Waals surface area contributed by atoms with Gasteiger partial charge in [-0.3, -0.25) is 19.6 Å². The number of carbonyl (C=O) groups excluding carboxylic acids is 1. The summed E-state index contributed by atoms with van der Waals surface area (Å²) in [6, 6.07) is 0. The smallest absolute Gasteiger partial charge is 0.315 e. The molecule has 0 amide bonds. The summed E-state index contributed by atoms with van der Waals surface area (Å²) in [6.45, 7) is 3.52. The molecule has 0 spiro atoms. The Kier molecular flexibility index (Phi) is 3.97. The van der Waals surface area contributed by atoms with Crippen molar-refractivity contribution >= 4 is 11.7 Å². The van der Waals surface area contributed by atoms with E-state index in [4.69, 9.17) is 0 Å². The predicted octanol–water partition coefficient (Wildman–Crippen LogP) is 1.16. The second-order valence-corrected chi connectivity index (χ2v) is 3.40. The summed E-state index contributed by atoms with van der Waals surface area (Å²) in [7, 11) is 2.78. The van der Waals surface area contributed by atoms with Crippen LogP contribution in [0.1, 0.15) is 18.0 Å². The zero-order valence-electron chi connectivity index (χ0n) is 9.62. The van der Waals surface area contributed by atoms with Gasteiger partial charge in [-0.05, 0) is 6.42 Å². The summed E-state index contributed by atoms with van der Waals surface area (Å²) in [5.41, 5.74) is 0.0338. The highest BCUT2D eigenvalue weighted by atomic mass is 16.6. The molecule has 0 N–H and O–H groups in total. The van der Waals surface area contributed by atoms with Crippen molar-refractivity contribution in [3.8, 4) is 0 Å². The Hall–Kier alpha value is -2.18. The van der Waals surface area contributed by atoms with Crippen molar-refractivity contribution < 1.29 is 14.5 Å². The molecule has 0 aromatic carbocycles. The van der Waals surface area contributed by atoms with E-state index in [0.717, 1.165) is 6.20 Å². The van der Waals surface area contributed by atoms with Crippen LogP contribution in [0.15, 0.2) is 18.9 Å². The quantitative estimate of drug-likeness (QED) is 0.333. The van der Waals surface area contributed by atoms with Gasteiger partial charge in [0.15, 0.2) is 0 Å². The van der Waals surface area contributed by atoms with Gasteiger partial charge in [-0.1, -0.05) is 6.08 Å². The lowest BCUT2D eigenvalue weighted by atomic mass is 10.0. The normalized spacial score (nSPS) is 11.9. The largest absolute Gasteiger partial charge is 0.468 e. The molecule has 1 unspecified atom stereocenters. The van der Waals surface area contributed by atoms with E-state index >= 15 is 0 Å². The van der Waals surface area contributed by atoms with Gasteiger partial charge in [-0.2, -0.15) is 5.10 Å². The number of aromatic nitrogens is 2. The van der Waals surface area contributed by atoms with E-state index in [2.05, 4.69) is 16.4 Å². The number of rotatable bonds is 5. The molecule has 0 bridgehead atoms. The van der Waals surface area contributed by atoms with Gasteiger partial charge in [0.25, 0.3) is 0 Å². The van der Waals surface area contributed by atoms with Crippen LogP contribution in [0.4, 0.5) is 5.69 Å². The monoisotopic (exact) mass is 239 g/mol. The van der Waals surface area contributed by atoms with Crippen molar-refractivity contribution in [2.75, 3.05) is 7.11 Å². The summed E-state index contributed by atoms with van der Waals surface area (Å²) in [5, 5.41) is 14.6. The highest BCUT2D eigenvalue weighted by Gasteiger charge is 2.31. The number of allylic oxidation sites excluding steroid dienone is 1. The number of carbonyl (C=O) groups is 1. The second-order valence-electron chi connectivity index (χ2n) is 3.40. The van der Waals surface area contributed by atoms with E-state index in [1.54, 1.807) is 7.05 Å². The topological polar surface area (TPSA) is 87.3 Å². The standard InChI is InChI=1S/C10H13N3O4/c1-4-5-7(10(14)17-3)9-8(13(15)16)6-11-12(9)2/h4,6-7H,1,5H2,2-3H3. The van der Waals surface area contributed by atoms with Gasteiger partial charge >= 0.3 is 11.7 Å². The third-order valence-corrected chi connectivity index (χ3v) is 2.38. The zero-order valence-corrected chi connectivity index (χ0v) is 9.62. The molecule has 0 aliphatic carbocycles. The number of aryl methyl sites for hydroxylation is 1. The molecule has 17 heavy (non-hydrogen) atoms. The lowest BCUT2D eigenvalue weighted by Gasteiger charge is -2.12. The maximum Gasteiger partial charge on any atom is 0.315 e. The van der Waals surface area contributed by atoms with E-state index in [1.165, 1.54) is 17.9 Å². The molecular weight excluding hydrogens is 226 g/mol. The molecule has 0 aliphatic heterocycles. The Labute approximate surface area is 97.8 Å². The lowest BCUT2D eigenvalue weighted by Crippen LogP contribution is -2.18. The molecule has 1 rings (SSSR count). The summed E-state index contributed by atoms with van der Waals surface area (Å²) in [5.74, 6) is -1.30. The van der Waals surface area contributed by atoms with Crippen LogP contribution < -0.4 is 0 Å². The van der Waals surface area contributed by atoms with E-state index in [0.29, 0.717) is 0 Å². The summed E-state index contributed by atoms with van der Waals surface area (Å²) in [4.78, 5) is 21.9. The van der Waals surface area contributed by atoms with Crippen LogP contribution in [-0.4, -0.2) is 27.8 Å². The highest BCUT2D eigenvalue weighted by molar-refractivity contribution is 5.79. The van der Waals surface area contributed by atoms with Crippen LogP contribution in [0.25, 0.3) is 0 Å². The molecular formula is C10H13N3O4. The molecule has 0 radical (unpaired) electrons. The Balaban J connectivity index is 3.26. The maximum atomic E-state index is 11.6. The van der Waals surface area contributed by atoms with Crippen molar-refractivity contribution in [3.63, 3.8) is 0 Å². The Morgan fingerprint density at radius 3 is 2.94 bits per heavy atom. The number of hydrogen-bond donors (Lipinski definition) is 0. The number of hydrogen-bond acceptors (Lipinski definition) is 5. The lowest BCUT2D eigenvalue weighted by molar-refractivity contribution is -0.385. The van der Waals surface area contributed by atoms with Crippen LogP contribution >= 0.6 is 0 Å². The van der Waals surface area contributed by atoms with Crippen molar-refractivity contribution in [1.82, 2.24) is 9.78 Å². The van der Waals surface area contributed by atoms with Gasteiger partial charge in [0.05, 0.1) is 12.0 Å². The molecule has 1 atom stereocenters.